The fourth-order valence-corrected chi connectivity index (χ4v) is 5.06. The largest absolute Gasteiger partial charge is 0.463 e. The molecule has 0 saturated heterocycles. The van der Waals surface area contributed by atoms with Crippen molar-refractivity contribution in [1.82, 2.24) is 10.2 Å². The van der Waals surface area contributed by atoms with Crippen LogP contribution in [0.15, 0.2) is 42.5 Å². The van der Waals surface area contributed by atoms with E-state index < -0.39 is 9.84 Å². The number of fused-ring (bicyclic) bond motifs is 1. The van der Waals surface area contributed by atoms with Crippen molar-refractivity contribution in [2.45, 2.75) is 24.1 Å². The van der Waals surface area contributed by atoms with E-state index in [0.29, 0.717) is 17.4 Å². The number of hydrogen-bond donors (Lipinski definition) is 0. The van der Waals surface area contributed by atoms with Crippen LogP contribution in [0.25, 0.3) is 21.5 Å². The molecule has 0 aliphatic carbocycles. The zero-order valence-electron chi connectivity index (χ0n) is 12.7. The van der Waals surface area contributed by atoms with Gasteiger partial charge in [0.15, 0.2) is 5.01 Å². The number of unbranched alkanes of at least 4 members (excludes halogenated alkanes) is 1. The lowest BCUT2D eigenvalue weighted by molar-refractivity contribution is 0.590. The van der Waals surface area contributed by atoms with Gasteiger partial charge in [-0.15, -0.1) is 10.2 Å². The minimum Gasteiger partial charge on any atom is -0.463 e. The normalized spacial score (nSPS) is 11.9. The van der Waals surface area contributed by atoms with Crippen molar-refractivity contribution >= 4 is 48.1 Å². The van der Waals surface area contributed by atoms with Crippen LogP contribution in [-0.4, -0.2) is 24.4 Å². The lowest BCUT2D eigenvalue weighted by atomic mass is 10.2. The average molecular weight is 429 g/mol. The molecule has 9 heteroatoms. The van der Waals surface area contributed by atoms with Crippen LogP contribution in [0, 0.1) is 0 Å². The molecule has 0 unspecified atom stereocenters. The van der Waals surface area contributed by atoms with E-state index in [1.54, 1.807) is 18.2 Å². The SMILES string of the molecule is CCCCS(=O)(=O)c1nnc(-c2coc3ccc(Br)cc3c2=O)s1. The highest BCUT2D eigenvalue weighted by Crippen LogP contribution is 2.27. The van der Waals surface area contributed by atoms with Gasteiger partial charge in [0.2, 0.25) is 19.6 Å². The molecule has 0 atom stereocenters. The van der Waals surface area contributed by atoms with E-state index in [4.69, 9.17) is 4.42 Å². The molecule has 3 aromatic rings. The van der Waals surface area contributed by atoms with Crippen LogP contribution in [0.2, 0.25) is 0 Å². The fraction of sp³-hybridized carbons (Fsp3) is 0.267. The number of benzene rings is 1. The van der Waals surface area contributed by atoms with E-state index in [1.807, 2.05) is 6.92 Å². The highest BCUT2D eigenvalue weighted by Gasteiger charge is 2.22. The Kier molecular flexibility index (Phi) is 4.84. The molecule has 3 rings (SSSR count). The van der Waals surface area contributed by atoms with Gasteiger partial charge in [0.25, 0.3) is 0 Å². The van der Waals surface area contributed by atoms with E-state index >= 15 is 0 Å². The zero-order chi connectivity index (χ0) is 17.3. The third-order valence-electron chi connectivity index (χ3n) is 3.40. The molecule has 0 saturated carbocycles. The van der Waals surface area contributed by atoms with Crippen LogP contribution in [0.4, 0.5) is 0 Å². The monoisotopic (exact) mass is 428 g/mol. The first-order valence-electron chi connectivity index (χ1n) is 7.20. The lowest BCUT2D eigenvalue weighted by Gasteiger charge is -2.00. The molecule has 0 bridgehead atoms. The summed E-state index contributed by atoms with van der Waals surface area (Å²) in [7, 11) is -3.47. The molecule has 2 heterocycles. The van der Waals surface area contributed by atoms with Gasteiger partial charge in [-0.05, 0) is 24.6 Å². The van der Waals surface area contributed by atoms with Crippen molar-refractivity contribution in [3.63, 3.8) is 0 Å². The first-order chi connectivity index (χ1) is 11.4. The summed E-state index contributed by atoms with van der Waals surface area (Å²) >= 11 is 4.20. The maximum atomic E-state index is 12.6. The Bertz CT molecular complexity index is 1060. The van der Waals surface area contributed by atoms with E-state index in [0.717, 1.165) is 22.2 Å². The van der Waals surface area contributed by atoms with Gasteiger partial charge in [-0.3, -0.25) is 4.79 Å². The van der Waals surface area contributed by atoms with Gasteiger partial charge >= 0.3 is 0 Å². The number of halogens is 1. The Hall–Kier alpha value is -1.58. The zero-order valence-corrected chi connectivity index (χ0v) is 15.9. The molecule has 1 aromatic carbocycles. The fourth-order valence-electron chi connectivity index (χ4n) is 2.12. The minimum atomic E-state index is -3.47. The summed E-state index contributed by atoms with van der Waals surface area (Å²) in [6, 6.07) is 5.12. The van der Waals surface area contributed by atoms with Crippen molar-refractivity contribution in [2.75, 3.05) is 5.75 Å². The summed E-state index contributed by atoms with van der Waals surface area (Å²) in [5.41, 5.74) is 0.383. The standard InChI is InChI=1S/C15H13BrN2O4S2/c1-2-3-6-24(20,21)15-18-17-14(23-15)11-8-22-12-5-4-9(16)7-10(12)13(11)19/h4-5,7-8H,2-3,6H2,1H3. The number of hydrogen-bond acceptors (Lipinski definition) is 7. The number of nitrogens with zero attached hydrogens (tertiary/aromatic N) is 2. The summed E-state index contributed by atoms with van der Waals surface area (Å²) in [6.07, 6.45) is 2.62. The molecule has 0 aliphatic rings. The molecule has 6 nitrogen and oxygen atoms in total. The predicted molar refractivity (Wildman–Crippen MR) is 96.0 cm³/mol. The number of rotatable bonds is 5. The van der Waals surface area contributed by atoms with Gasteiger partial charge in [0.05, 0.1) is 16.7 Å². The molecular weight excluding hydrogens is 416 g/mol. The molecule has 24 heavy (non-hydrogen) atoms. The second kappa shape index (κ2) is 6.73. The Morgan fingerprint density at radius 2 is 2.08 bits per heavy atom. The van der Waals surface area contributed by atoms with E-state index in [9.17, 15) is 13.2 Å². The molecule has 0 spiro atoms. The highest BCUT2D eigenvalue weighted by atomic mass is 79.9. The first-order valence-corrected chi connectivity index (χ1v) is 10.5. The van der Waals surface area contributed by atoms with E-state index in [-0.39, 0.29) is 26.1 Å². The van der Waals surface area contributed by atoms with Crippen LogP contribution in [0.5, 0.6) is 0 Å². The van der Waals surface area contributed by atoms with Gasteiger partial charge < -0.3 is 4.42 Å². The van der Waals surface area contributed by atoms with Crippen LogP contribution in [-0.2, 0) is 9.84 Å². The van der Waals surface area contributed by atoms with Crippen molar-refractivity contribution in [3.05, 3.63) is 39.2 Å². The summed E-state index contributed by atoms with van der Waals surface area (Å²) in [6.45, 7) is 1.92. The van der Waals surface area contributed by atoms with Crippen LogP contribution >= 0.6 is 27.3 Å². The Balaban J connectivity index is 2.06. The quantitative estimate of drug-likeness (QED) is 0.615. The van der Waals surface area contributed by atoms with Crippen molar-refractivity contribution in [2.24, 2.45) is 0 Å². The second-order valence-corrected chi connectivity index (χ2v) is 9.34. The van der Waals surface area contributed by atoms with Gasteiger partial charge in [0.1, 0.15) is 11.8 Å². The minimum absolute atomic E-state index is 0.0252. The third kappa shape index (κ3) is 3.28. The van der Waals surface area contributed by atoms with E-state index in [1.165, 1.54) is 6.26 Å². The molecule has 2 aromatic heterocycles. The Morgan fingerprint density at radius 3 is 2.83 bits per heavy atom. The molecule has 0 aliphatic heterocycles. The Labute approximate surface area is 150 Å². The molecule has 0 amide bonds. The highest BCUT2D eigenvalue weighted by molar-refractivity contribution is 9.10. The van der Waals surface area contributed by atoms with Gasteiger partial charge in [-0.1, -0.05) is 40.6 Å². The van der Waals surface area contributed by atoms with Gasteiger partial charge in [0, 0.05) is 4.47 Å². The van der Waals surface area contributed by atoms with Crippen molar-refractivity contribution in [3.8, 4) is 10.6 Å². The number of sulfone groups is 1. The van der Waals surface area contributed by atoms with E-state index in [2.05, 4.69) is 26.1 Å². The Morgan fingerprint density at radius 1 is 1.29 bits per heavy atom. The average Bonchev–Trinajstić information content (AvgIpc) is 3.04. The maximum absolute atomic E-state index is 12.6. The lowest BCUT2D eigenvalue weighted by Crippen LogP contribution is -2.06. The maximum Gasteiger partial charge on any atom is 0.232 e. The van der Waals surface area contributed by atoms with Crippen LogP contribution in [0.3, 0.4) is 0 Å². The summed E-state index contributed by atoms with van der Waals surface area (Å²) < 4.78 is 30.5. The third-order valence-corrected chi connectivity index (χ3v) is 7.10. The summed E-state index contributed by atoms with van der Waals surface area (Å²) in [4.78, 5) is 12.6. The molecular formula is C15H13BrN2O4S2. The molecule has 0 fully saturated rings. The second-order valence-electron chi connectivity index (χ2n) is 5.16. The topological polar surface area (TPSA) is 90.1 Å². The summed E-state index contributed by atoms with van der Waals surface area (Å²) in [5.74, 6) is 0.0252. The molecule has 0 N–H and O–H groups in total. The predicted octanol–water partition coefficient (Wildman–Crippen LogP) is 3.65. The van der Waals surface area contributed by atoms with Gasteiger partial charge in [-0.2, -0.15) is 0 Å². The van der Waals surface area contributed by atoms with Crippen molar-refractivity contribution in [1.29, 1.82) is 0 Å². The van der Waals surface area contributed by atoms with Crippen LogP contribution in [0.1, 0.15) is 19.8 Å². The van der Waals surface area contributed by atoms with Crippen molar-refractivity contribution < 1.29 is 12.8 Å². The molecule has 0 radical (unpaired) electrons. The van der Waals surface area contributed by atoms with Gasteiger partial charge in [-0.25, -0.2) is 8.42 Å². The summed E-state index contributed by atoms with van der Waals surface area (Å²) in [5, 5.41) is 8.25. The smallest absolute Gasteiger partial charge is 0.232 e. The van der Waals surface area contributed by atoms with Crippen LogP contribution < -0.4 is 5.43 Å². The molecule has 126 valence electrons. The number of aromatic nitrogens is 2. The first kappa shape index (κ1) is 17.2.